The van der Waals surface area contributed by atoms with E-state index in [-0.39, 0.29) is 10.6 Å². The zero-order valence-electron chi connectivity index (χ0n) is 11.6. The van der Waals surface area contributed by atoms with Gasteiger partial charge in [0, 0.05) is 25.2 Å². The fraction of sp³-hybridized carbons (Fsp3) is 0.571. The molecule has 19 heavy (non-hydrogen) atoms. The van der Waals surface area contributed by atoms with Crippen LogP contribution < -0.4 is 5.32 Å². The number of anilines is 1. The van der Waals surface area contributed by atoms with Crippen LogP contribution in [0.5, 0.6) is 0 Å². The number of nitrogens with one attached hydrogen (secondary N) is 1. The van der Waals surface area contributed by atoms with E-state index in [1.807, 2.05) is 19.1 Å². The number of nitro groups is 1. The Morgan fingerprint density at radius 3 is 2.74 bits per heavy atom. The fourth-order valence-corrected chi connectivity index (χ4v) is 2.41. The van der Waals surface area contributed by atoms with Gasteiger partial charge in [0.1, 0.15) is 5.69 Å². The van der Waals surface area contributed by atoms with Crippen LogP contribution in [0.3, 0.4) is 0 Å². The number of nitrogens with zero attached hydrogens (tertiary/aromatic N) is 2. The van der Waals surface area contributed by atoms with Crippen LogP contribution in [-0.4, -0.2) is 29.5 Å². The molecule has 2 rings (SSSR count). The molecule has 104 valence electrons. The lowest BCUT2D eigenvalue weighted by Gasteiger charge is -2.34. The largest absolute Gasteiger partial charge is 0.380 e. The van der Waals surface area contributed by atoms with E-state index in [0.29, 0.717) is 18.3 Å². The van der Waals surface area contributed by atoms with Gasteiger partial charge in [-0.25, -0.2) is 0 Å². The van der Waals surface area contributed by atoms with Crippen molar-refractivity contribution in [3.05, 3.63) is 33.9 Å². The number of nitro benzene ring substituents is 1. The monoisotopic (exact) mass is 263 g/mol. The predicted octanol–water partition coefficient (Wildman–Crippen LogP) is 3.01. The molecule has 5 heteroatoms. The lowest BCUT2D eigenvalue weighted by atomic mass is 9.91. The summed E-state index contributed by atoms with van der Waals surface area (Å²) in [5, 5.41) is 14.1. The van der Waals surface area contributed by atoms with Crippen LogP contribution in [0.4, 0.5) is 11.4 Å². The molecule has 5 nitrogen and oxygen atoms in total. The highest BCUT2D eigenvalue weighted by Crippen LogP contribution is 2.28. The van der Waals surface area contributed by atoms with Crippen LogP contribution in [0, 0.1) is 10.1 Å². The molecule has 0 unspecified atom stereocenters. The molecule has 0 atom stereocenters. The van der Waals surface area contributed by atoms with Crippen molar-refractivity contribution in [1.82, 2.24) is 4.90 Å². The maximum atomic E-state index is 11.1. The van der Waals surface area contributed by atoms with Gasteiger partial charge in [-0.15, -0.1) is 0 Å². The van der Waals surface area contributed by atoms with Crippen LogP contribution in [0.1, 0.15) is 31.7 Å². The Hall–Kier alpha value is -1.62. The van der Waals surface area contributed by atoms with Gasteiger partial charge >= 0.3 is 0 Å². The van der Waals surface area contributed by atoms with E-state index in [1.165, 1.54) is 19.3 Å². The van der Waals surface area contributed by atoms with Crippen molar-refractivity contribution in [2.24, 2.45) is 0 Å². The normalized spacial score (nSPS) is 15.3. The predicted molar refractivity (Wildman–Crippen MR) is 76.4 cm³/mol. The summed E-state index contributed by atoms with van der Waals surface area (Å²) in [5.41, 5.74) is 1.77. The molecule has 1 aromatic rings. The Labute approximate surface area is 113 Å². The van der Waals surface area contributed by atoms with Gasteiger partial charge in [0.05, 0.1) is 4.92 Å². The third kappa shape index (κ3) is 3.23. The van der Waals surface area contributed by atoms with Gasteiger partial charge in [-0.1, -0.05) is 12.5 Å². The second-order valence-electron chi connectivity index (χ2n) is 5.14. The van der Waals surface area contributed by atoms with Gasteiger partial charge < -0.3 is 5.32 Å². The van der Waals surface area contributed by atoms with Gasteiger partial charge in [0.25, 0.3) is 5.69 Å². The maximum Gasteiger partial charge on any atom is 0.292 e. The van der Waals surface area contributed by atoms with E-state index in [0.717, 1.165) is 12.1 Å². The van der Waals surface area contributed by atoms with Gasteiger partial charge in [0.15, 0.2) is 0 Å². The Bertz CT molecular complexity index is 458. The molecule has 0 heterocycles. The van der Waals surface area contributed by atoms with E-state index >= 15 is 0 Å². The summed E-state index contributed by atoms with van der Waals surface area (Å²) in [6.45, 7) is 3.39. The van der Waals surface area contributed by atoms with E-state index in [9.17, 15) is 10.1 Å². The van der Waals surface area contributed by atoms with Crippen molar-refractivity contribution >= 4 is 11.4 Å². The van der Waals surface area contributed by atoms with Crippen LogP contribution in [0.2, 0.25) is 0 Å². The molecule has 0 radical (unpaired) electrons. The van der Waals surface area contributed by atoms with Gasteiger partial charge in [-0.05, 0) is 38.4 Å². The molecule has 1 saturated carbocycles. The highest BCUT2D eigenvalue weighted by Gasteiger charge is 2.22. The van der Waals surface area contributed by atoms with Gasteiger partial charge in [-0.2, -0.15) is 0 Å². The van der Waals surface area contributed by atoms with Crippen molar-refractivity contribution in [3.8, 4) is 0 Å². The SMILES string of the molecule is CCNc1ccc(CN(C)C2CCC2)cc1[N+](=O)[O-]. The third-order valence-corrected chi connectivity index (χ3v) is 3.76. The molecular formula is C14H21N3O2. The average Bonchev–Trinajstić information content (AvgIpc) is 2.28. The second-order valence-corrected chi connectivity index (χ2v) is 5.14. The van der Waals surface area contributed by atoms with E-state index in [4.69, 9.17) is 0 Å². The minimum atomic E-state index is -0.315. The minimum absolute atomic E-state index is 0.168. The zero-order chi connectivity index (χ0) is 13.8. The molecule has 1 aromatic carbocycles. The number of hydrogen-bond acceptors (Lipinski definition) is 4. The lowest BCUT2D eigenvalue weighted by molar-refractivity contribution is -0.384. The van der Waals surface area contributed by atoms with E-state index < -0.39 is 0 Å². The Morgan fingerprint density at radius 1 is 1.47 bits per heavy atom. The highest BCUT2D eigenvalue weighted by molar-refractivity contribution is 5.62. The summed E-state index contributed by atoms with van der Waals surface area (Å²) in [5.74, 6) is 0. The molecule has 1 aliphatic rings. The highest BCUT2D eigenvalue weighted by atomic mass is 16.6. The first-order chi connectivity index (χ1) is 9.11. The second kappa shape index (κ2) is 6.02. The summed E-state index contributed by atoms with van der Waals surface area (Å²) in [4.78, 5) is 13.1. The Morgan fingerprint density at radius 2 is 2.21 bits per heavy atom. The maximum absolute atomic E-state index is 11.1. The standard InChI is InChI=1S/C14H21N3O2/c1-3-15-13-8-7-11(9-14(13)17(18)19)10-16(2)12-5-4-6-12/h7-9,12,15H,3-6,10H2,1-2H3. The van der Waals surface area contributed by atoms with E-state index in [1.54, 1.807) is 6.07 Å². The van der Waals surface area contributed by atoms with Crippen molar-refractivity contribution in [2.75, 3.05) is 18.9 Å². The van der Waals surface area contributed by atoms with Crippen molar-refractivity contribution in [1.29, 1.82) is 0 Å². The van der Waals surface area contributed by atoms with Gasteiger partial charge in [-0.3, -0.25) is 15.0 Å². The van der Waals surface area contributed by atoms with Crippen molar-refractivity contribution < 1.29 is 4.92 Å². The Balaban J connectivity index is 2.12. The van der Waals surface area contributed by atoms with Crippen LogP contribution in [-0.2, 0) is 6.54 Å². The minimum Gasteiger partial charge on any atom is -0.380 e. The molecule has 0 amide bonds. The molecule has 0 saturated heterocycles. The summed E-state index contributed by atoms with van der Waals surface area (Å²) in [6.07, 6.45) is 3.79. The van der Waals surface area contributed by atoms with Crippen LogP contribution >= 0.6 is 0 Å². The van der Waals surface area contributed by atoms with Crippen LogP contribution in [0.15, 0.2) is 18.2 Å². The molecule has 0 spiro atoms. The molecule has 1 fully saturated rings. The first-order valence-electron chi connectivity index (χ1n) is 6.83. The smallest absolute Gasteiger partial charge is 0.292 e. The summed E-state index contributed by atoms with van der Waals surface area (Å²) in [6, 6.07) is 6.12. The molecule has 0 bridgehead atoms. The average molecular weight is 263 g/mol. The number of rotatable bonds is 6. The van der Waals surface area contributed by atoms with Gasteiger partial charge in [0.2, 0.25) is 0 Å². The molecular weight excluding hydrogens is 242 g/mol. The fourth-order valence-electron chi connectivity index (χ4n) is 2.41. The summed E-state index contributed by atoms with van der Waals surface area (Å²) in [7, 11) is 2.09. The molecule has 0 aromatic heterocycles. The lowest BCUT2D eigenvalue weighted by Crippen LogP contribution is -2.36. The van der Waals surface area contributed by atoms with Crippen molar-refractivity contribution in [2.45, 2.75) is 38.8 Å². The summed E-state index contributed by atoms with van der Waals surface area (Å²) < 4.78 is 0. The third-order valence-electron chi connectivity index (χ3n) is 3.76. The quantitative estimate of drug-likeness (QED) is 0.633. The van der Waals surface area contributed by atoms with Crippen LogP contribution in [0.25, 0.3) is 0 Å². The zero-order valence-corrected chi connectivity index (χ0v) is 11.6. The van der Waals surface area contributed by atoms with E-state index in [2.05, 4.69) is 17.3 Å². The molecule has 0 aliphatic heterocycles. The summed E-state index contributed by atoms with van der Waals surface area (Å²) >= 11 is 0. The number of hydrogen-bond donors (Lipinski definition) is 1. The first kappa shape index (κ1) is 13.8. The number of benzene rings is 1. The first-order valence-corrected chi connectivity index (χ1v) is 6.83. The topological polar surface area (TPSA) is 58.4 Å². The van der Waals surface area contributed by atoms with Crippen molar-refractivity contribution in [3.63, 3.8) is 0 Å². The molecule has 1 aliphatic carbocycles. The Kier molecular flexibility index (Phi) is 4.37. The molecule has 1 N–H and O–H groups in total.